The van der Waals surface area contributed by atoms with Gasteiger partial charge in [0.25, 0.3) is 0 Å². The van der Waals surface area contributed by atoms with Crippen molar-refractivity contribution in [3.8, 4) is 11.3 Å². The van der Waals surface area contributed by atoms with Crippen LogP contribution < -0.4 is 5.73 Å². The number of nitrogens with zero attached hydrogens (tertiary/aromatic N) is 2. The Morgan fingerprint density at radius 1 is 0.967 bits per heavy atom. The number of nitrogen functional groups attached to an aromatic ring is 1. The van der Waals surface area contributed by atoms with Crippen LogP contribution in [0.4, 0.5) is 5.69 Å². The summed E-state index contributed by atoms with van der Waals surface area (Å²) < 4.78 is 0. The fourth-order valence-corrected chi connectivity index (χ4v) is 3.73. The van der Waals surface area contributed by atoms with Gasteiger partial charge in [-0.05, 0) is 43.6 Å². The van der Waals surface area contributed by atoms with E-state index in [1.807, 2.05) is 54.6 Å². The van der Waals surface area contributed by atoms with E-state index < -0.39 is 6.10 Å². The highest BCUT2D eigenvalue weighted by atomic mass is 35.5. The van der Waals surface area contributed by atoms with Gasteiger partial charge in [0.15, 0.2) is 0 Å². The fourth-order valence-electron chi connectivity index (χ4n) is 3.73. The quantitative estimate of drug-likeness (QED) is 0.399. The fraction of sp³-hybridized carbons (Fsp3) is 0.400. The Bertz CT molecular complexity index is 909. The van der Waals surface area contributed by atoms with E-state index in [4.69, 9.17) is 10.7 Å². The number of rotatable bonds is 10. The summed E-state index contributed by atoms with van der Waals surface area (Å²) in [6.45, 7) is 7.08. The molecule has 0 spiro atoms. The Labute approximate surface area is 186 Å². The number of aliphatic hydroxyl groups is 1. The van der Waals surface area contributed by atoms with Gasteiger partial charge < -0.3 is 15.7 Å². The lowest BCUT2D eigenvalue weighted by atomic mass is 9.99. The third-order valence-electron chi connectivity index (χ3n) is 5.42. The maximum absolute atomic E-state index is 11.2. The highest BCUT2D eigenvalue weighted by Gasteiger charge is 2.18. The molecule has 3 rings (SSSR count). The molecule has 0 bridgehead atoms. The molecule has 30 heavy (non-hydrogen) atoms. The highest BCUT2D eigenvalue weighted by Crippen LogP contribution is 2.31. The van der Waals surface area contributed by atoms with Crippen LogP contribution in [0.3, 0.4) is 0 Å². The zero-order valence-corrected chi connectivity index (χ0v) is 18.9. The first-order chi connectivity index (χ1) is 14.1. The molecule has 2 aromatic carbocycles. The molecule has 0 amide bonds. The molecule has 0 fully saturated rings. The normalized spacial score (nSPS) is 12.1. The predicted molar refractivity (Wildman–Crippen MR) is 130 cm³/mol. The molecule has 0 aliphatic carbocycles. The van der Waals surface area contributed by atoms with E-state index >= 15 is 0 Å². The van der Waals surface area contributed by atoms with Crippen LogP contribution in [0.2, 0.25) is 0 Å². The molecular formula is C25H34ClN3O. The zero-order chi connectivity index (χ0) is 20.6. The van der Waals surface area contributed by atoms with Gasteiger partial charge in [-0.2, -0.15) is 0 Å². The number of para-hydroxylation sites is 1. The zero-order valence-electron chi connectivity index (χ0n) is 18.1. The number of hydrogen-bond acceptors (Lipinski definition) is 4. The van der Waals surface area contributed by atoms with E-state index in [1.54, 1.807) is 0 Å². The Hall–Kier alpha value is -2.14. The van der Waals surface area contributed by atoms with Crippen molar-refractivity contribution in [2.24, 2.45) is 0 Å². The van der Waals surface area contributed by atoms with Crippen molar-refractivity contribution in [2.45, 2.75) is 45.6 Å². The third kappa shape index (κ3) is 5.94. The minimum absolute atomic E-state index is 0. The molecule has 0 aliphatic heterocycles. The molecule has 162 valence electrons. The molecule has 1 aromatic heterocycles. The van der Waals surface area contributed by atoms with Gasteiger partial charge in [0, 0.05) is 17.5 Å². The summed E-state index contributed by atoms with van der Waals surface area (Å²) in [4.78, 5) is 7.20. The minimum atomic E-state index is -0.585. The lowest BCUT2D eigenvalue weighted by Crippen LogP contribution is -2.31. The second-order valence-corrected chi connectivity index (χ2v) is 7.73. The molecule has 0 radical (unpaired) electrons. The topological polar surface area (TPSA) is 62.4 Å². The van der Waals surface area contributed by atoms with Crippen LogP contribution >= 0.6 is 12.4 Å². The summed E-state index contributed by atoms with van der Waals surface area (Å²) in [5, 5.41) is 12.2. The van der Waals surface area contributed by atoms with E-state index in [2.05, 4.69) is 18.7 Å². The SMILES string of the molecule is CCCCN(CCCC)CC(O)c1cc(-c2ccccc2)nc2c(N)cccc12.Cl. The average molecular weight is 428 g/mol. The van der Waals surface area contributed by atoms with Crippen LogP contribution in [0.5, 0.6) is 0 Å². The molecule has 0 aliphatic rings. The number of fused-ring (bicyclic) bond motifs is 1. The van der Waals surface area contributed by atoms with Gasteiger partial charge in [0.2, 0.25) is 0 Å². The van der Waals surface area contributed by atoms with Crippen molar-refractivity contribution in [3.05, 3.63) is 60.2 Å². The Morgan fingerprint density at radius 2 is 1.63 bits per heavy atom. The first-order valence-corrected chi connectivity index (χ1v) is 10.8. The number of pyridine rings is 1. The van der Waals surface area contributed by atoms with Gasteiger partial charge in [-0.1, -0.05) is 69.2 Å². The van der Waals surface area contributed by atoms with Crippen LogP contribution in [-0.2, 0) is 0 Å². The Balaban J connectivity index is 0.00000320. The van der Waals surface area contributed by atoms with Crippen molar-refractivity contribution >= 4 is 29.0 Å². The van der Waals surface area contributed by atoms with Gasteiger partial charge in [0.05, 0.1) is 23.0 Å². The molecule has 3 aromatic rings. The number of nitrogens with two attached hydrogens (primary N) is 1. The maximum atomic E-state index is 11.2. The van der Waals surface area contributed by atoms with Crippen LogP contribution in [0.25, 0.3) is 22.2 Å². The largest absolute Gasteiger partial charge is 0.397 e. The third-order valence-corrected chi connectivity index (χ3v) is 5.42. The Morgan fingerprint density at radius 3 is 2.27 bits per heavy atom. The monoisotopic (exact) mass is 427 g/mol. The molecular weight excluding hydrogens is 394 g/mol. The maximum Gasteiger partial charge on any atom is 0.0942 e. The molecule has 5 heteroatoms. The van der Waals surface area contributed by atoms with Gasteiger partial charge >= 0.3 is 0 Å². The number of aromatic nitrogens is 1. The summed E-state index contributed by atoms with van der Waals surface area (Å²) in [5.41, 5.74) is 10.4. The standard InChI is InChI=1S/C25H33N3O.ClH/c1-3-5-15-28(16-6-4-2)18-24(29)21-17-23(19-11-8-7-9-12-19)27-25-20(21)13-10-14-22(25)26;/h7-14,17,24,29H,3-6,15-16,18,26H2,1-2H3;1H. The summed E-state index contributed by atoms with van der Waals surface area (Å²) in [5.74, 6) is 0. The number of benzene rings is 2. The van der Waals surface area contributed by atoms with Crippen molar-refractivity contribution in [1.82, 2.24) is 9.88 Å². The van der Waals surface area contributed by atoms with Crippen molar-refractivity contribution < 1.29 is 5.11 Å². The summed E-state index contributed by atoms with van der Waals surface area (Å²) in [7, 11) is 0. The molecule has 3 N–H and O–H groups in total. The van der Waals surface area contributed by atoms with Crippen molar-refractivity contribution in [3.63, 3.8) is 0 Å². The summed E-state index contributed by atoms with van der Waals surface area (Å²) in [6.07, 6.45) is 4.03. The van der Waals surface area contributed by atoms with E-state index in [0.29, 0.717) is 12.2 Å². The number of aliphatic hydroxyl groups excluding tert-OH is 1. The molecule has 1 atom stereocenters. The second-order valence-electron chi connectivity index (χ2n) is 7.73. The molecule has 0 saturated carbocycles. The van der Waals surface area contributed by atoms with Crippen molar-refractivity contribution in [1.29, 1.82) is 0 Å². The number of halogens is 1. The summed E-state index contributed by atoms with van der Waals surface area (Å²) in [6, 6.07) is 17.9. The lowest BCUT2D eigenvalue weighted by molar-refractivity contribution is 0.112. The van der Waals surface area contributed by atoms with Gasteiger partial charge in [-0.15, -0.1) is 12.4 Å². The second kappa shape index (κ2) is 11.9. The van der Waals surface area contributed by atoms with Crippen LogP contribution in [0, 0.1) is 0 Å². The molecule has 1 unspecified atom stereocenters. The van der Waals surface area contributed by atoms with E-state index in [-0.39, 0.29) is 12.4 Å². The van der Waals surface area contributed by atoms with Crippen LogP contribution in [0.1, 0.15) is 51.2 Å². The number of anilines is 1. The number of hydrogen-bond donors (Lipinski definition) is 2. The van der Waals surface area contributed by atoms with E-state index in [9.17, 15) is 5.11 Å². The van der Waals surface area contributed by atoms with Gasteiger partial charge in [0.1, 0.15) is 0 Å². The van der Waals surface area contributed by atoms with Crippen LogP contribution in [0.15, 0.2) is 54.6 Å². The highest BCUT2D eigenvalue weighted by molar-refractivity contribution is 5.93. The Kier molecular flexibility index (Phi) is 9.57. The van der Waals surface area contributed by atoms with Crippen molar-refractivity contribution in [2.75, 3.05) is 25.4 Å². The lowest BCUT2D eigenvalue weighted by Gasteiger charge is -2.26. The minimum Gasteiger partial charge on any atom is -0.397 e. The predicted octanol–water partition coefficient (Wildman–Crippen LogP) is 5.84. The molecule has 4 nitrogen and oxygen atoms in total. The number of unbranched alkanes of at least 4 members (excludes halogenated alkanes) is 2. The molecule has 0 saturated heterocycles. The van der Waals surface area contributed by atoms with Gasteiger partial charge in [-0.25, -0.2) is 4.98 Å². The smallest absolute Gasteiger partial charge is 0.0942 e. The molecule has 1 heterocycles. The first-order valence-electron chi connectivity index (χ1n) is 10.8. The van der Waals surface area contributed by atoms with Crippen LogP contribution in [-0.4, -0.2) is 34.6 Å². The first kappa shape index (κ1) is 24.1. The van der Waals surface area contributed by atoms with E-state index in [0.717, 1.165) is 66.5 Å². The summed E-state index contributed by atoms with van der Waals surface area (Å²) >= 11 is 0. The van der Waals surface area contributed by atoms with E-state index in [1.165, 1.54) is 0 Å². The average Bonchev–Trinajstić information content (AvgIpc) is 2.75. The van der Waals surface area contributed by atoms with Gasteiger partial charge in [-0.3, -0.25) is 0 Å².